The summed E-state index contributed by atoms with van der Waals surface area (Å²) in [6.45, 7) is 11.0. The van der Waals surface area contributed by atoms with E-state index >= 15 is 0 Å². The maximum Gasteiger partial charge on any atom is 0.419 e. The summed E-state index contributed by atoms with van der Waals surface area (Å²) < 4.78 is 10.7. The van der Waals surface area contributed by atoms with Crippen molar-refractivity contribution >= 4 is 12.2 Å². The van der Waals surface area contributed by atoms with E-state index in [-0.39, 0.29) is 0 Å². The highest BCUT2D eigenvalue weighted by Crippen LogP contribution is 2.23. The van der Waals surface area contributed by atoms with Crippen LogP contribution in [0.2, 0.25) is 0 Å². The highest BCUT2D eigenvalue weighted by atomic mass is 16.6. The largest absolute Gasteiger partial charge is 0.443 e. The van der Waals surface area contributed by atoms with Gasteiger partial charge in [0, 0.05) is 6.54 Å². The van der Waals surface area contributed by atoms with E-state index < -0.39 is 23.4 Å². The second-order valence-corrected chi connectivity index (χ2v) is 8.41. The highest BCUT2D eigenvalue weighted by molar-refractivity contribution is 5.88. The molecule has 0 aliphatic heterocycles. The summed E-state index contributed by atoms with van der Waals surface area (Å²) in [4.78, 5) is 25.8. The summed E-state index contributed by atoms with van der Waals surface area (Å²) in [6, 6.07) is 0. The molecular formula is C19H33NO4. The molecule has 1 aliphatic carbocycles. The van der Waals surface area contributed by atoms with Gasteiger partial charge in [0.15, 0.2) is 0 Å². The lowest BCUT2D eigenvalue weighted by Crippen LogP contribution is -2.44. The summed E-state index contributed by atoms with van der Waals surface area (Å²) in [5, 5.41) is 0. The molecule has 0 aromatic heterocycles. The van der Waals surface area contributed by atoms with Crippen LogP contribution in [0.1, 0.15) is 73.6 Å². The predicted molar refractivity (Wildman–Crippen MR) is 94.9 cm³/mol. The number of carbonyl (C=O) groups is 2. The molecule has 5 heteroatoms. The summed E-state index contributed by atoms with van der Waals surface area (Å²) in [6.07, 6.45) is 8.28. The Kier molecular flexibility index (Phi) is 7.30. The third-order valence-corrected chi connectivity index (χ3v) is 3.60. The van der Waals surface area contributed by atoms with Crippen LogP contribution in [-0.2, 0) is 9.47 Å². The molecule has 0 aromatic rings. The Hall–Kier alpha value is -1.52. The maximum absolute atomic E-state index is 12.4. The first-order chi connectivity index (χ1) is 11.0. The zero-order valence-electron chi connectivity index (χ0n) is 16.1. The zero-order chi connectivity index (χ0) is 18.4. The Morgan fingerprint density at radius 3 is 1.96 bits per heavy atom. The van der Waals surface area contributed by atoms with Crippen LogP contribution in [0, 0.1) is 5.92 Å². The summed E-state index contributed by atoms with van der Waals surface area (Å²) in [7, 11) is 0. The van der Waals surface area contributed by atoms with Crippen LogP contribution in [0.3, 0.4) is 0 Å². The number of imide groups is 1. The molecule has 1 rings (SSSR count). The van der Waals surface area contributed by atoms with Crippen LogP contribution >= 0.6 is 0 Å². The van der Waals surface area contributed by atoms with Crippen molar-refractivity contribution in [1.82, 2.24) is 4.90 Å². The van der Waals surface area contributed by atoms with E-state index in [4.69, 9.17) is 9.47 Å². The number of nitrogens with zero attached hydrogens (tertiary/aromatic N) is 1. The Morgan fingerprint density at radius 2 is 1.54 bits per heavy atom. The SMILES string of the molecule is CC(C)(C)OC(=O)N(CCCC1CC=CCC1)C(=O)OC(C)(C)C. The van der Waals surface area contributed by atoms with Crippen LogP contribution < -0.4 is 0 Å². The molecule has 0 saturated heterocycles. The fourth-order valence-corrected chi connectivity index (χ4v) is 2.55. The molecule has 0 aromatic carbocycles. The Labute approximate surface area is 146 Å². The molecule has 0 N–H and O–H groups in total. The van der Waals surface area contributed by atoms with E-state index in [9.17, 15) is 9.59 Å². The molecule has 138 valence electrons. The van der Waals surface area contributed by atoms with Crippen LogP contribution in [-0.4, -0.2) is 34.8 Å². The summed E-state index contributed by atoms with van der Waals surface area (Å²) >= 11 is 0. The van der Waals surface area contributed by atoms with Gasteiger partial charge in [-0.2, -0.15) is 0 Å². The number of amides is 2. The van der Waals surface area contributed by atoms with Gasteiger partial charge in [-0.15, -0.1) is 0 Å². The molecule has 1 unspecified atom stereocenters. The van der Waals surface area contributed by atoms with Gasteiger partial charge >= 0.3 is 12.2 Å². The minimum Gasteiger partial charge on any atom is -0.443 e. The van der Waals surface area contributed by atoms with Gasteiger partial charge in [-0.1, -0.05) is 12.2 Å². The molecule has 0 bridgehead atoms. The van der Waals surface area contributed by atoms with Crippen molar-refractivity contribution in [2.45, 2.75) is 84.8 Å². The molecule has 1 atom stereocenters. The van der Waals surface area contributed by atoms with Crippen LogP contribution in [0.5, 0.6) is 0 Å². The van der Waals surface area contributed by atoms with Crippen LogP contribution in [0.4, 0.5) is 9.59 Å². The van der Waals surface area contributed by atoms with Gasteiger partial charge in [0.25, 0.3) is 0 Å². The van der Waals surface area contributed by atoms with Gasteiger partial charge in [-0.05, 0) is 79.6 Å². The van der Waals surface area contributed by atoms with Crippen molar-refractivity contribution in [3.8, 4) is 0 Å². The number of allylic oxidation sites excluding steroid dienone is 2. The molecule has 0 saturated carbocycles. The number of ether oxygens (including phenoxy) is 2. The van der Waals surface area contributed by atoms with Crippen LogP contribution in [0.25, 0.3) is 0 Å². The normalized spacial score (nSPS) is 18.2. The molecule has 2 amide bonds. The molecule has 1 aliphatic rings. The monoisotopic (exact) mass is 339 g/mol. The number of hydrogen-bond acceptors (Lipinski definition) is 4. The Bertz CT molecular complexity index is 429. The van der Waals surface area contributed by atoms with E-state index in [1.54, 1.807) is 41.5 Å². The van der Waals surface area contributed by atoms with Crippen molar-refractivity contribution in [2.24, 2.45) is 5.92 Å². The van der Waals surface area contributed by atoms with E-state index in [2.05, 4.69) is 12.2 Å². The van der Waals surface area contributed by atoms with E-state index in [0.717, 1.165) is 30.6 Å². The molecule has 0 heterocycles. The van der Waals surface area contributed by atoms with Crippen molar-refractivity contribution in [3.05, 3.63) is 12.2 Å². The first kappa shape index (κ1) is 20.5. The third kappa shape index (κ3) is 8.37. The van der Waals surface area contributed by atoms with Crippen molar-refractivity contribution < 1.29 is 19.1 Å². The van der Waals surface area contributed by atoms with Crippen molar-refractivity contribution in [1.29, 1.82) is 0 Å². The number of hydrogen-bond donors (Lipinski definition) is 0. The lowest BCUT2D eigenvalue weighted by Gasteiger charge is -2.29. The quantitative estimate of drug-likeness (QED) is 0.653. The number of rotatable bonds is 4. The van der Waals surface area contributed by atoms with Gasteiger partial charge < -0.3 is 9.47 Å². The lowest BCUT2D eigenvalue weighted by molar-refractivity contribution is 0.000993. The number of carbonyl (C=O) groups excluding carboxylic acids is 2. The second-order valence-electron chi connectivity index (χ2n) is 8.41. The van der Waals surface area contributed by atoms with Gasteiger partial charge in [0.1, 0.15) is 11.2 Å². The lowest BCUT2D eigenvalue weighted by atomic mass is 9.90. The third-order valence-electron chi connectivity index (χ3n) is 3.60. The molecular weight excluding hydrogens is 306 g/mol. The topological polar surface area (TPSA) is 55.8 Å². The molecule has 0 fully saturated rings. The average molecular weight is 339 g/mol. The smallest absolute Gasteiger partial charge is 0.419 e. The average Bonchev–Trinajstić information content (AvgIpc) is 2.40. The molecule has 5 nitrogen and oxygen atoms in total. The van der Waals surface area contributed by atoms with E-state index in [0.29, 0.717) is 12.5 Å². The van der Waals surface area contributed by atoms with Gasteiger partial charge in [-0.25, -0.2) is 14.5 Å². The zero-order valence-corrected chi connectivity index (χ0v) is 16.1. The molecule has 0 radical (unpaired) electrons. The van der Waals surface area contributed by atoms with Gasteiger partial charge in [0.2, 0.25) is 0 Å². The van der Waals surface area contributed by atoms with E-state index in [1.165, 1.54) is 6.42 Å². The van der Waals surface area contributed by atoms with E-state index in [1.807, 2.05) is 0 Å². The summed E-state index contributed by atoms with van der Waals surface area (Å²) in [5.74, 6) is 0.633. The molecule has 24 heavy (non-hydrogen) atoms. The Morgan fingerprint density at radius 1 is 1.00 bits per heavy atom. The fraction of sp³-hybridized carbons (Fsp3) is 0.789. The van der Waals surface area contributed by atoms with Gasteiger partial charge in [0.05, 0.1) is 0 Å². The Balaban J connectivity index is 2.63. The summed E-state index contributed by atoms with van der Waals surface area (Å²) in [5.41, 5.74) is -1.29. The predicted octanol–water partition coefficient (Wildman–Crippen LogP) is 5.30. The van der Waals surface area contributed by atoms with Gasteiger partial charge in [-0.3, -0.25) is 0 Å². The standard InChI is InChI=1S/C19H33NO4/c1-18(2,3)23-16(21)20(17(22)24-19(4,5)6)14-10-13-15-11-8-7-9-12-15/h7-8,15H,9-14H2,1-6H3. The minimum atomic E-state index is -0.647. The fourth-order valence-electron chi connectivity index (χ4n) is 2.55. The minimum absolute atomic E-state index is 0.323. The van der Waals surface area contributed by atoms with Crippen LogP contribution in [0.15, 0.2) is 12.2 Å². The second kappa shape index (κ2) is 8.54. The van der Waals surface area contributed by atoms with Crippen molar-refractivity contribution in [3.63, 3.8) is 0 Å². The first-order valence-electron chi connectivity index (χ1n) is 8.86. The first-order valence-corrected chi connectivity index (χ1v) is 8.86. The van der Waals surface area contributed by atoms with Crippen molar-refractivity contribution in [2.75, 3.05) is 6.54 Å². The molecule has 0 spiro atoms. The highest BCUT2D eigenvalue weighted by Gasteiger charge is 2.30. The maximum atomic E-state index is 12.4.